The number of hydrogen-bond donors (Lipinski definition) is 4. The summed E-state index contributed by atoms with van der Waals surface area (Å²) in [6, 6.07) is 0. The molecule has 2 unspecified atom stereocenters. The maximum Gasteiger partial charge on any atom is 0.343 e. The molecule has 0 heterocycles. The van der Waals surface area contributed by atoms with Gasteiger partial charge in [0.15, 0.2) is 0 Å². The van der Waals surface area contributed by atoms with Crippen LogP contribution in [0.1, 0.15) is 6.42 Å². The van der Waals surface area contributed by atoms with E-state index in [1.165, 1.54) is 0 Å². The standard InChI is InChI=1S/C15H20O10S2/c1-8(26)14(20)24-6-10(16)4-22-12(18)3-13(19)23-5-11(17)7-25-15(21)9(2)27/h10-11,16-17,26-27H,1-7H2. The summed E-state index contributed by atoms with van der Waals surface area (Å²) >= 11 is 7.29. The van der Waals surface area contributed by atoms with E-state index in [1.807, 2.05) is 0 Å². The van der Waals surface area contributed by atoms with Crippen LogP contribution >= 0.6 is 25.3 Å². The summed E-state index contributed by atoms with van der Waals surface area (Å²) < 4.78 is 18.4. The molecule has 0 spiro atoms. The van der Waals surface area contributed by atoms with Gasteiger partial charge in [0.25, 0.3) is 0 Å². The van der Waals surface area contributed by atoms with E-state index in [0.29, 0.717) is 0 Å². The van der Waals surface area contributed by atoms with E-state index in [1.54, 1.807) is 0 Å². The highest BCUT2D eigenvalue weighted by molar-refractivity contribution is 7.85. The van der Waals surface area contributed by atoms with Gasteiger partial charge in [-0.25, -0.2) is 9.59 Å². The second kappa shape index (κ2) is 13.2. The molecule has 10 nitrogen and oxygen atoms in total. The van der Waals surface area contributed by atoms with E-state index in [-0.39, 0.29) is 9.81 Å². The van der Waals surface area contributed by atoms with Crippen molar-refractivity contribution >= 4 is 49.1 Å². The van der Waals surface area contributed by atoms with E-state index in [0.717, 1.165) is 0 Å². The first-order valence-corrected chi connectivity index (χ1v) is 8.19. The van der Waals surface area contributed by atoms with Crippen LogP contribution in [0.3, 0.4) is 0 Å². The summed E-state index contributed by atoms with van der Waals surface area (Å²) in [5.74, 6) is -3.68. The lowest BCUT2D eigenvalue weighted by molar-refractivity contribution is -0.159. The molecule has 0 saturated carbocycles. The molecule has 0 aromatic heterocycles. The average Bonchev–Trinajstić information content (AvgIpc) is 2.60. The number of thiol groups is 2. The number of carbonyl (C=O) groups excluding carboxylic acids is 4. The number of rotatable bonds is 12. The Morgan fingerprint density at radius 1 is 0.704 bits per heavy atom. The van der Waals surface area contributed by atoms with E-state index < -0.39 is 68.9 Å². The summed E-state index contributed by atoms with van der Waals surface area (Å²) in [6.45, 7) is 4.47. The predicted octanol–water partition coefficient (Wildman–Crippen LogP) is -0.842. The van der Waals surface area contributed by atoms with Gasteiger partial charge >= 0.3 is 23.9 Å². The van der Waals surface area contributed by atoms with Gasteiger partial charge in [-0.05, 0) is 0 Å². The molecule has 0 amide bonds. The van der Waals surface area contributed by atoms with Gasteiger partial charge in [0.1, 0.15) is 45.1 Å². The Labute approximate surface area is 165 Å². The number of hydrogen-bond acceptors (Lipinski definition) is 12. The molecule has 27 heavy (non-hydrogen) atoms. The zero-order valence-corrected chi connectivity index (χ0v) is 15.9. The lowest BCUT2D eigenvalue weighted by atomic mass is 10.4. The number of carbonyl (C=O) groups is 4. The van der Waals surface area contributed by atoms with E-state index in [2.05, 4.69) is 57.4 Å². The van der Waals surface area contributed by atoms with Crippen LogP contribution < -0.4 is 0 Å². The third-order valence-corrected chi connectivity index (χ3v) is 2.81. The van der Waals surface area contributed by atoms with Gasteiger partial charge in [-0.2, -0.15) is 0 Å². The summed E-state index contributed by atoms with van der Waals surface area (Å²) in [4.78, 5) is 44.6. The van der Waals surface area contributed by atoms with Gasteiger partial charge in [-0.3, -0.25) is 9.59 Å². The van der Waals surface area contributed by atoms with Gasteiger partial charge < -0.3 is 29.2 Å². The molecule has 0 saturated heterocycles. The fraction of sp³-hybridized carbons (Fsp3) is 0.467. The van der Waals surface area contributed by atoms with Crippen LogP contribution in [0, 0.1) is 0 Å². The zero-order valence-electron chi connectivity index (χ0n) is 14.2. The van der Waals surface area contributed by atoms with Gasteiger partial charge in [0, 0.05) is 0 Å². The fourth-order valence-corrected chi connectivity index (χ4v) is 1.33. The fourth-order valence-electron chi connectivity index (χ4n) is 1.20. The minimum atomic E-state index is -1.31. The number of aliphatic hydroxyl groups is 2. The Hall–Kier alpha value is -2.02. The monoisotopic (exact) mass is 424 g/mol. The average molecular weight is 424 g/mol. The molecule has 12 heteroatoms. The lowest BCUT2D eigenvalue weighted by Gasteiger charge is -2.13. The van der Waals surface area contributed by atoms with Crippen molar-refractivity contribution in [2.24, 2.45) is 0 Å². The van der Waals surface area contributed by atoms with E-state index in [9.17, 15) is 29.4 Å². The second-order valence-electron chi connectivity index (χ2n) is 4.94. The summed E-state index contributed by atoms with van der Waals surface area (Å²) in [5.41, 5.74) is 0. The molecule has 0 aromatic rings. The van der Waals surface area contributed by atoms with Crippen LogP contribution in [-0.4, -0.2) is 72.7 Å². The first-order valence-electron chi connectivity index (χ1n) is 7.30. The molecule has 0 fully saturated rings. The maximum absolute atomic E-state index is 11.4. The molecule has 152 valence electrons. The number of ether oxygens (including phenoxy) is 4. The molecule has 0 radical (unpaired) electrons. The second-order valence-corrected chi connectivity index (χ2v) is 6.02. The first-order chi connectivity index (χ1) is 12.5. The van der Waals surface area contributed by atoms with Crippen molar-refractivity contribution < 1.29 is 48.3 Å². The molecule has 0 aliphatic heterocycles. The molecule has 2 N–H and O–H groups in total. The van der Waals surface area contributed by atoms with Crippen molar-refractivity contribution in [1.82, 2.24) is 0 Å². The number of aliphatic hydroxyl groups excluding tert-OH is 2. The van der Waals surface area contributed by atoms with Crippen LogP contribution in [-0.2, 0) is 38.1 Å². The summed E-state index contributed by atoms with van der Waals surface area (Å²) in [7, 11) is 0. The van der Waals surface area contributed by atoms with Crippen LogP contribution in [0.25, 0.3) is 0 Å². The minimum Gasteiger partial charge on any atom is -0.462 e. The first kappa shape index (κ1) is 25.0. The van der Waals surface area contributed by atoms with Crippen molar-refractivity contribution in [3.8, 4) is 0 Å². The van der Waals surface area contributed by atoms with E-state index >= 15 is 0 Å². The zero-order chi connectivity index (χ0) is 21.0. The van der Waals surface area contributed by atoms with Crippen LogP contribution in [0.4, 0.5) is 0 Å². The van der Waals surface area contributed by atoms with Crippen molar-refractivity contribution in [1.29, 1.82) is 0 Å². The van der Waals surface area contributed by atoms with Crippen molar-refractivity contribution in [3.05, 3.63) is 23.0 Å². The third-order valence-electron chi connectivity index (χ3n) is 2.45. The molecular weight excluding hydrogens is 404 g/mol. The highest BCUT2D eigenvalue weighted by Crippen LogP contribution is 2.02. The van der Waals surface area contributed by atoms with Crippen LogP contribution in [0.2, 0.25) is 0 Å². The van der Waals surface area contributed by atoms with Gasteiger partial charge in [0.05, 0.1) is 9.81 Å². The Balaban J connectivity index is 3.96. The molecule has 0 aliphatic carbocycles. The summed E-state index contributed by atoms with van der Waals surface area (Å²) in [5, 5.41) is 18.9. The highest BCUT2D eigenvalue weighted by atomic mass is 32.1. The third kappa shape index (κ3) is 12.9. The lowest BCUT2D eigenvalue weighted by Crippen LogP contribution is -2.28. The maximum atomic E-state index is 11.4. The SMILES string of the molecule is C=C(S)C(=O)OCC(O)COC(=O)CC(=O)OCC(O)COC(=O)C(=C)S. The smallest absolute Gasteiger partial charge is 0.343 e. The largest absolute Gasteiger partial charge is 0.462 e. The minimum absolute atomic E-state index is 0.158. The molecular formula is C15H20O10S2. The van der Waals surface area contributed by atoms with Gasteiger partial charge in [-0.1, -0.05) is 13.2 Å². The molecule has 0 bridgehead atoms. The molecule has 2 atom stereocenters. The summed E-state index contributed by atoms with van der Waals surface area (Å²) in [6.07, 6.45) is -3.39. The Morgan fingerprint density at radius 3 is 1.30 bits per heavy atom. The van der Waals surface area contributed by atoms with Crippen molar-refractivity contribution in [2.75, 3.05) is 26.4 Å². The molecule has 0 aromatic carbocycles. The number of esters is 4. The van der Waals surface area contributed by atoms with Gasteiger partial charge in [-0.15, -0.1) is 25.3 Å². The van der Waals surface area contributed by atoms with Crippen LogP contribution in [0.5, 0.6) is 0 Å². The van der Waals surface area contributed by atoms with Crippen LogP contribution in [0.15, 0.2) is 23.0 Å². The normalized spacial score (nSPS) is 12.3. The quantitative estimate of drug-likeness (QED) is 0.103. The van der Waals surface area contributed by atoms with Crippen molar-refractivity contribution in [3.63, 3.8) is 0 Å². The molecule has 0 rings (SSSR count). The van der Waals surface area contributed by atoms with E-state index in [4.69, 9.17) is 0 Å². The van der Waals surface area contributed by atoms with Gasteiger partial charge in [0.2, 0.25) is 0 Å². The van der Waals surface area contributed by atoms with Crippen molar-refractivity contribution in [2.45, 2.75) is 18.6 Å². The Bertz CT molecular complexity index is 539. The Morgan fingerprint density at radius 2 is 1.00 bits per heavy atom. The predicted molar refractivity (Wildman–Crippen MR) is 96.7 cm³/mol. The highest BCUT2D eigenvalue weighted by Gasteiger charge is 2.17. The topological polar surface area (TPSA) is 146 Å². The Kier molecular flexibility index (Phi) is 12.2. The molecule has 0 aliphatic rings.